The number of aromatic nitrogens is 1. The molecule has 6 aromatic rings. The number of rotatable bonds is 9. The van der Waals surface area contributed by atoms with Crippen molar-refractivity contribution in [3.8, 4) is 0 Å². The molecular formula is C42H44FN7O3. The summed E-state index contributed by atoms with van der Waals surface area (Å²) in [6.07, 6.45) is 0.526. The molecule has 0 saturated carbocycles. The van der Waals surface area contributed by atoms with Gasteiger partial charge in [0.15, 0.2) is 11.3 Å². The molecule has 0 atom stereocenters. The predicted molar refractivity (Wildman–Crippen MR) is 209 cm³/mol. The van der Waals surface area contributed by atoms with Gasteiger partial charge >= 0.3 is 0 Å². The molecule has 0 bridgehead atoms. The summed E-state index contributed by atoms with van der Waals surface area (Å²) in [5, 5.41) is 14.6. The smallest absolute Gasteiger partial charge is 0.291 e. The summed E-state index contributed by atoms with van der Waals surface area (Å²) < 4.78 is 22.9. The van der Waals surface area contributed by atoms with Crippen LogP contribution >= 0.6 is 0 Å². The van der Waals surface area contributed by atoms with Crippen molar-refractivity contribution in [2.45, 2.75) is 19.9 Å². The zero-order chi connectivity index (χ0) is 36.5. The van der Waals surface area contributed by atoms with Crippen LogP contribution in [-0.4, -0.2) is 75.8 Å². The van der Waals surface area contributed by atoms with Gasteiger partial charge in [-0.15, -0.1) is 0 Å². The number of hydrogen-bond acceptors (Lipinski definition) is 7. The number of benzene rings is 4. The first-order chi connectivity index (χ1) is 25.9. The molecule has 2 saturated heterocycles. The largest absolute Gasteiger partial charge is 0.448 e. The van der Waals surface area contributed by atoms with Crippen molar-refractivity contribution >= 4 is 50.7 Å². The number of nitrogens with one attached hydrogen (secondary N) is 4. The number of halogens is 1. The molecule has 53 heavy (non-hydrogen) atoms. The van der Waals surface area contributed by atoms with Crippen molar-refractivity contribution in [3.05, 3.63) is 124 Å². The molecule has 2 fully saturated rings. The number of furan rings is 1. The van der Waals surface area contributed by atoms with E-state index >= 15 is 0 Å². The zero-order valence-corrected chi connectivity index (χ0v) is 30.1. The first-order valence-corrected chi connectivity index (χ1v) is 18.3. The molecule has 2 aromatic heterocycles. The molecule has 0 aliphatic carbocycles. The molecule has 0 unspecified atom stereocenters. The minimum absolute atomic E-state index is 0.252. The molecule has 0 radical (unpaired) electrons. The van der Waals surface area contributed by atoms with Gasteiger partial charge in [0, 0.05) is 100 Å². The van der Waals surface area contributed by atoms with Crippen LogP contribution in [0.15, 0.2) is 89.3 Å². The van der Waals surface area contributed by atoms with Gasteiger partial charge < -0.3 is 40.1 Å². The van der Waals surface area contributed by atoms with E-state index in [1.807, 2.05) is 47.0 Å². The van der Waals surface area contributed by atoms with Crippen LogP contribution < -0.4 is 31.1 Å². The lowest BCUT2D eigenvalue weighted by atomic mass is 9.99. The van der Waals surface area contributed by atoms with Gasteiger partial charge in [-0.1, -0.05) is 42.5 Å². The quantitative estimate of drug-likeness (QED) is 0.148. The van der Waals surface area contributed by atoms with E-state index in [4.69, 9.17) is 4.42 Å². The lowest BCUT2D eigenvalue weighted by Crippen LogP contribution is -2.43. The molecule has 10 nitrogen and oxygen atoms in total. The topological polar surface area (TPSA) is 107 Å². The van der Waals surface area contributed by atoms with E-state index in [9.17, 15) is 14.0 Å². The van der Waals surface area contributed by atoms with Gasteiger partial charge in [0.25, 0.3) is 11.8 Å². The number of nitrogens with zero attached hydrogens (tertiary/aromatic N) is 3. The fourth-order valence-electron chi connectivity index (χ4n) is 7.74. The Labute approximate surface area is 307 Å². The number of carbonyl (C=O) groups excluding carboxylic acids is 2. The summed E-state index contributed by atoms with van der Waals surface area (Å²) in [5.74, 6) is -0.674. The van der Waals surface area contributed by atoms with Crippen molar-refractivity contribution in [3.63, 3.8) is 0 Å². The fraction of sp³-hybridized carbons (Fsp3) is 0.286. The lowest BCUT2D eigenvalue weighted by Gasteiger charge is -2.30. The molecule has 2 aliphatic rings. The Bertz CT molecular complexity index is 2300. The first-order valence-electron chi connectivity index (χ1n) is 18.3. The number of carbonyl (C=O) groups is 2. The molecule has 2 aliphatic heterocycles. The molecule has 8 rings (SSSR count). The van der Waals surface area contributed by atoms with E-state index in [0.29, 0.717) is 28.9 Å². The average molecular weight is 714 g/mol. The Balaban J connectivity index is 1.26. The van der Waals surface area contributed by atoms with Gasteiger partial charge in [0.05, 0.1) is 11.2 Å². The van der Waals surface area contributed by atoms with E-state index in [0.717, 1.165) is 96.7 Å². The number of aryl methyl sites for hydroxylation is 1. The molecular weight excluding hydrogens is 670 g/mol. The normalized spacial score (nSPS) is 14.9. The lowest BCUT2D eigenvalue weighted by molar-refractivity contribution is 0.0953. The molecule has 272 valence electrons. The maximum absolute atomic E-state index is 14.6. The van der Waals surface area contributed by atoms with E-state index in [1.54, 1.807) is 13.1 Å². The summed E-state index contributed by atoms with van der Waals surface area (Å²) in [6.45, 7) is 8.92. The summed E-state index contributed by atoms with van der Waals surface area (Å²) in [4.78, 5) is 32.5. The highest BCUT2D eigenvalue weighted by Crippen LogP contribution is 2.38. The van der Waals surface area contributed by atoms with Crippen LogP contribution in [0.2, 0.25) is 0 Å². The highest BCUT2D eigenvalue weighted by atomic mass is 19.1. The van der Waals surface area contributed by atoms with Crippen LogP contribution in [-0.2, 0) is 13.0 Å². The highest BCUT2D eigenvalue weighted by molar-refractivity contribution is 6.10. The minimum Gasteiger partial charge on any atom is -0.448 e. The Kier molecular flexibility index (Phi) is 9.59. The Morgan fingerprint density at radius 2 is 1.47 bits per heavy atom. The number of anilines is 3. The highest BCUT2D eigenvalue weighted by Gasteiger charge is 2.27. The maximum Gasteiger partial charge on any atom is 0.291 e. The monoisotopic (exact) mass is 713 g/mol. The van der Waals surface area contributed by atoms with Crippen LogP contribution in [0.25, 0.3) is 21.9 Å². The van der Waals surface area contributed by atoms with Gasteiger partial charge in [-0.3, -0.25) is 9.59 Å². The van der Waals surface area contributed by atoms with Crippen LogP contribution in [0.4, 0.5) is 21.5 Å². The van der Waals surface area contributed by atoms with Crippen LogP contribution in [0.1, 0.15) is 43.3 Å². The number of hydrogen-bond donors (Lipinski definition) is 4. The number of piperazine rings is 2. The predicted octanol–water partition coefficient (Wildman–Crippen LogP) is 5.91. The fourth-order valence-corrected chi connectivity index (χ4v) is 7.74. The van der Waals surface area contributed by atoms with Crippen LogP contribution in [0.3, 0.4) is 0 Å². The van der Waals surface area contributed by atoms with Gasteiger partial charge in [-0.05, 0) is 66.1 Å². The van der Waals surface area contributed by atoms with Crippen molar-refractivity contribution in [1.82, 2.24) is 20.5 Å². The van der Waals surface area contributed by atoms with Crippen LogP contribution in [0.5, 0.6) is 0 Å². The van der Waals surface area contributed by atoms with Gasteiger partial charge in [-0.2, -0.15) is 0 Å². The Morgan fingerprint density at radius 3 is 2.17 bits per heavy atom. The second-order valence-corrected chi connectivity index (χ2v) is 13.9. The first kappa shape index (κ1) is 34.4. The third-order valence-corrected chi connectivity index (χ3v) is 10.3. The summed E-state index contributed by atoms with van der Waals surface area (Å²) in [7, 11) is 1.60. The van der Waals surface area contributed by atoms with Gasteiger partial charge in [0.2, 0.25) is 0 Å². The van der Waals surface area contributed by atoms with E-state index in [2.05, 4.69) is 62.3 Å². The molecule has 0 spiro atoms. The van der Waals surface area contributed by atoms with Crippen molar-refractivity contribution in [2.75, 3.05) is 74.5 Å². The van der Waals surface area contributed by atoms with Crippen molar-refractivity contribution in [2.24, 2.45) is 0 Å². The molecule has 4 aromatic carbocycles. The summed E-state index contributed by atoms with van der Waals surface area (Å²) in [5.41, 5.74) is 8.13. The van der Waals surface area contributed by atoms with Gasteiger partial charge in [0.1, 0.15) is 11.5 Å². The number of fused-ring (bicyclic) bond motifs is 2. The minimum atomic E-state index is -0.351. The molecule has 2 amide bonds. The molecule has 4 heterocycles. The standard InChI is InChI=1S/C42H44FN7O3/c1-27-19-32-33(22-28-7-4-3-5-8-28)40(53-39(32)37(20-27)49-17-13-46-14-18-49)42(52)47-31-23-35(48-15-11-45-12-16-48)34-25-38(41(51)44-2)50(36(34)24-31)26-29-9-6-10-30(43)21-29/h3-10,19-21,23-25,45-46H,11-18,22,26H2,1-2H3,(H,44,51)(H,47,52). The zero-order valence-electron chi connectivity index (χ0n) is 30.1. The van der Waals surface area contributed by atoms with E-state index in [1.165, 1.54) is 12.1 Å². The SMILES string of the molecule is CNC(=O)c1cc2c(N3CCNCC3)cc(NC(=O)c3oc4c(N5CCNCC5)cc(C)cc4c3Cc3ccccc3)cc2n1Cc1cccc(F)c1. The summed E-state index contributed by atoms with van der Waals surface area (Å²) >= 11 is 0. The van der Waals surface area contributed by atoms with Gasteiger partial charge in [-0.25, -0.2) is 4.39 Å². The van der Waals surface area contributed by atoms with E-state index in [-0.39, 0.29) is 29.9 Å². The Morgan fingerprint density at radius 1 is 0.774 bits per heavy atom. The second kappa shape index (κ2) is 14.8. The van der Waals surface area contributed by atoms with E-state index < -0.39 is 0 Å². The summed E-state index contributed by atoms with van der Waals surface area (Å²) in [6, 6.07) is 26.6. The average Bonchev–Trinajstić information content (AvgIpc) is 3.73. The third kappa shape index (κ3) is 6.97. The third-order valence-electron chi connectivity index (χ3n) is 10.3. The molecule has 11 heteroatoms. The van der Waals surface area contributed by atoms with Crippen molar-refractivity contribution < 1.29 is 18.4 Å². The Hall–Kier alpha value is -5.65. The molecule has 4 N–H and O–H groups in total. The number of amides is 2. The van der Waals surface area contributed by atoms with Crippen molar-refractivity contribution in [1.29, 1.82) is 0 Å². The van der Waals surface area contributed by atoms with Crippen LogP contribution in [0, 0.1) is 12.7 Å². The maximum atomic E-state index is 14.6. The second-order valence-electron chi connectivity index (χ2n) is 13.9.